The molecule has 2 heterocycles. The standard InChI is InChI=1S/C10H12O3S/c1-7(9(11)12)10(5-13-6-10)8-3-2-4-14-8/h2-4,7H,5-6H2,1H3,(H,11,12). The van der Waals surface area contributed by atoms with Gasteiger partial charge in [-0.15, -0.1) is 11.3 Å². The number of carbonyl (C=O) groups is 1. The lowest BCUT2D eigenvalue weighted by Gasteiger charge is -2.43. The Kier molecular flexibility index (Phi) is 2.33. The van der Waals surface area contributed by atoms with E-state index in [4.69, 9.17) is 9.84 Å². The summed E-state index contributed by atoms with van der Waals surface area (Å²) in [5.74, 6) is -1.13. The number of rotatable bonds is 3. The molecule has 1 unspecified atom stereocenters. The molecule has 76 valence electrons. The monoisotopic (exact) mass is 212 g/mol. The van der Waals surface area contributed by atoms with E-state index in [9.17, 15) is 4.79 Å². The fourth-order valence-electron chi connectivity index (χ4n) is 1.73. The van der Waals surface area contributed by atoms with Crippen molar-refractivity contribution in [3.8, 4) is 0 Å². The van der Waals surface area contributed by atoms with Crippen LogP contribution in [0.2, 0.25) is 0 Å². The Hall–Kier alpha value is -0.870. The highest BCUT2D eigenvalue weighted by molar-refractivity contribution is 7.10. The van der Waals surface area contributed by atoms with Crippen molar-refractivity contribution >= 4 is 17.3 Å². The second-order valence-electron chi connectivity index (χ2n) is 3.69. The predicted molar refractivity (Wildman–Crippen MR) is 53.6 cm³/mol. The predicted octanol–water partition coefficient (Wildman–Crippen LogP) is 1.74. The van der Waals surface area contributed by atoms with Gasteiger partial charge in [0.15, 0.2) is 0 Å². The van der Waals surface area contributed by atoms with E-state index in [-0.39, 0.29) is 11.3 Å². The van der Waals surface area contributed by atoms with Crippen LogP contribution in [0.5, 0.6) is 0 Å². The van der Waals surface area contributed by atoms with Gasteiger partial charge < -0.3 is 9.84 Å². The molecule has 0 saturated carbocycles. The van der Waals surface area contributed by atoms with Crippen molar-refractivity contribution in [3.05, 3.63) is 22.4 Å². The molecule has 4 heteroatoms. The Bertz CT molecular complexity index is 327. The van der Waals surface area contributed by atoms with Crippen LogP contribution in [0, 0.1) is 5.92 Å². The van der Waals surface area contributed by atoms with Crippen molar-refractivity contribution in [2.24, 2.45) is 5.92 Å². The second kappa shape index (κ2) is 3.37. The summed E-state index contributed by atoms with van der Waals surface area (Å²) in [5.41, 5.74) is -0.278. The molecule has 1 saturated heterocycles. The largest absolute Gasteiger partial charge is 0.481 e. The third-order valence-corrected chi connectivity index (χ3v) is 4.02. The maximum Gasteiger partial charge on any atom is 0.307 e. The third-order valence-electron chi connectivity index (χ3n) is 2.93. The molecule has 0 radical (unpaired) electrons. The van der Waals surface area contributed by atoms with Gasteiger partial charge in [-0.05, 0) is 11.4 Å². The van der Waals surface area contributed by atoms with Gasteiger partial charge in [-0.3, -0.25) is 4.79 Å². The van der Waals surface area contributed by atoms with Crippen LogP contribution in [0.15, 0.2) is 17.5 Å². The lowest BCUT2D eigenvalue weighted by molar-refractivity contribution is -0.155. The summed E-state index contributed by atoms with van der Waals surface area (Å²) in [4.78, 5) is 12.1. The lowest BCUT2D eigenvalue weighted by atomic mass is 9.73. The van der Waals surface area contributed by atoms with Gasteiger partial charge in [0, 0.05) is 4.88 Å². The van der Waals surface area contributed by atoms with Gasteiger partial charge in [0.05, 0.1) is 24.5 Å². The maximum atomic E-state index is 11.0. The average Bonchev–Trinajstić information content (AvgIpc) is 2.55. The third kappa shape index (κ3) is 1.26. The van der Waals surface area contributed by atoms with Crippen LogP contribution in [0.1, 0.15) is 11.8 Å². The van der Waals surface area contributed by atoms with Gasteiger partial charge in [-0.2, -0.15) is 0 Å². The van der Waals surface area contributed by atoms with E-state index in [1.165, 1.54) is 0 Å². The highest BCUT2D eigenvalue weighted by Crippen LogP contribution is 2.41. The Balaban J connectivity index is 2.31. The molecule has 14 heavy (non-hydrogen) atoms. The van der Waals surface area contributed by atoms with E-state index in [1.807, 2.05) is 17.5 Å². The molecular weight excluding hydrogens is 200 g/mol. The second-order valence-corrected chi connectivity index (χ2v) is 4.63. The van der Waals surface area contributed by atoms with Crippen LogP contribution in [0.25, 0.3) is 0 Å². The molecule has 0 aliphatic carbocycles. The van der Waals surface area contributed by atoms with Crippen molar-refractivity contribution < 1.29 is 14.6 Å². The van der Waals surface area contributed by atoms with Crippen molar-refractivity contribution in [2.45, 2.75) is 12.3 Å². The van der Waals surface area contributed by atoms with Crippen molar-refractivity contribution in [3.63, 3.8) is 0 Å². The minimum absolute atomic E-state index is 0.278. The fraction of sp³-hybridized carbons (Fsp3) is 0.500. The average molecular weight is 212 g/mol. The quantitative estimate of drug-likeness (QED) is 0.830. The van der Waals surface area contributed by atoms with E-state index in [0.717, 1.165) is 4.88 Å². The molecule has 1 aliphatic rings. The van der Waals surface area contributed by atoms with E-state index in [0.29, 0.717) is 13.2 Å². The molecule has 0 amide bonds. The first-order valence-electron chi connectivity index (χ1n) is 4.51. The maximum absolute atomic E-state index is 11.0. The first-order valence-corrected chi connectivity index (χ1v) is 5.39. The van der Waals surface area contributed by atoms with E-state index < -0.39 is 5.97 Å². The molecule has 3 nitrogen and oxygen atoms in total. The summed E-state index contributed by atoms with van der Waals surface area (Å²) in [6.07, 6.45) is 0. The van der Waals surface area contributed by atoms with E-state index in [1.54, 1.807) is 18.3 Å². The van der Waals surface area contributed by atoms with Gasteiger partial charge in [0.25, 0.3) is 0 Å². The number of hydrogen-bond donors (Lipinski definition) is 1. The smallest absolute Gasteiger partial charge is 0.307 e. The summed E-state index contributed by atoms with van der Waals surface area (Å²) in [7, 11) is 0. The number of ether oxygens (including phenoxy) is 1. The van der Waals surface area contributed by atoms with Crippen molar-refractivity contribution in [1.29, 1.82) is 0 Å². The van der Waals surface area contributed by atoms with Crippen LogP contribution < -0.4 is 0 Å². The van der Waals surface area contributed by atoms with Gasteiger partial charge in [0.2, 0.25) is 0 Å². The summed E-state index contributed by atoms with van der Waals surface area (Å²) >= 11 is 1.61. The Morgan fingerprint density at radius 3 is 2.79 bits per heavy atom. The Morgan fingerprint density at radius 2 is 2.43 bits per heavy atom. The van der Waals surface area contributed by atoms with Gasteiger partial charge in [-0.1, -0.05) is 13.0 Å². The first-order chi connectivity index (χ1) is 6.67. The first kappa shape index (κ1) is 9.68. The van der Waals surface area contributed by atoms with Crippen molar-refractivity contribution in [2.75, 3.05) is 13.2 Å². The Labute approximate surface area is 86.3 Å². The summed E-state index contributed by atoms with van der Waals surface area (Å²) in [5, 5.41) is 11.0. The van der Waals surface area contributed by atoms with Gasteiger partial charge >= 0.3 is 5.97 Å². The molecule has 0 aromatic carbocycles. The summed E-state index contributed by atoms with van der Waals surface area (Å²) in [6.45, 7) is 2.81. The zero-order valence-electron chi connectivity index (χ0n) is 7.90. The molecule has 1 fully saturated rings. The topological polar surface area (TPSA) is 46.5 Å². The number of aliphatic carboxylic acids is 1. The number of thiophene rings is 1. The number of hydrogen-bond acceptors (Lipinski definition) is 3. The lowest BCUT2D eigenvalue weighted by Crippen LogP contribution is -2.53. The van der Waals surface area contributed by atoms with Gasteiger partial charge in [-0.25, -0.2) is 0 Å². The number of carboxylic acids is 1. The molecule has 0 bridgehead atoms. The zero-order chi connectivity index (χ0) is 10.2. The van der Waals surface area contributed by atoms with Crippen molar-refractivity contribution in [1.82, 2.24) is 0 Å². The van der Waals surface area contributed by atoms with Crippen LogP contribution in [-0.2, 0) is 14.9 Å². The highest BCUT2D eigenvalue weighted by atomic mass is 32.1. The van der Waals surface area contributed by atoms with Crippen LogP contribution in [0.4, 0.5) is 0 Å². The molecule has 1 atom stereocenters. The highest BCUT2D eigenvalue weighted by Gasteiger charge is 2.48. The Morgan fingerprint density at radius 1 is 1.71 bits per heavy atom. The molecule has 2 rings (SSSR count). The molecule has 1 N–H and O–H groups in total. The molecule has 1 aliphatic heterocycles. The molecular formula is C10H12O3S. The molecule has 1 aromatic rings. The van der Waals surface area contributed by atoms with Gasteiger partial charge in [0.1, 0.15) is 0 Å². The SMILES string of the molecule is CC(C(=O)O)C1(c2cccs2)COC1. The minimum atomic E-state index is -0.748. The van der Waals surface area contributed by atoms with E-state index in [2.05, 4.69) is 0 Å². The fourth-order valence-corrected chi connectivity index (χ4v) is 2.72. The summed E-state index contributed by atoms with van der Waals surface area (Å²) in [6, 6.07) is 3.95. The minimum Gasteiger partial charge on any atom is -0.481 e. The van der Waals surface area contributed by atoms with Crippen LogP contribution >= 0.6 is 11.3 Å². The van der Waals surface area contributed by atoms with Crippen LogP contribution in [0.3, 0.4) is 0 Å². The zero-order valence-corrected chi connectivity index (χ0v) is 8.71. The normalized spacial score (nSPS) is 21.2. The number of carboxylic acid groups (broad SMARTS) is 1. The molecule has 0 spiro atoms. The van der Waals surface area contributed by atoms with Crippen LogP contribution in [-0.4, -0.2) is 24.3 Å². The van der Waals surface area contributed by atoms with E-state index >= 15 is 0 Å². The molecule has 1 aromatic heterocycles. The summed E-state index contributed by atoms with van der Waals surface area (Å²) < 4.78 is 5.18.